The molecule has 2 aliphatic heterocycles. The fourth-order valence-electron chi connectivity index (χ4n) is 6.04. The first-order valence-corrected chi connectivity index (χ1v) is 13.1. The van der Waals surface area contributed by atoms with Crippen molar-refractivity contribution >= 4 is 34.6 Å². The first kappa shape index (κ1) is 24.6. The second-order valence-corrected chi connectivity index (χ2v) is 10.3. The summed E-state index contributed by atoms with van der Waals surface area (Å²) >= 11 is 0. The van der Waals surface area contributed by atoms with Crippen LogP contribution in [0.5, 0.6) is 0 Å². The smallest absolute Gasteiger partial charge is 0.407 e. The lowest BCUT2D eigenvalue weighted by Gasteiger charge is -2.32. The molecule has 9 nitrogen and oxygen atoms in total. The molecule has 194 valence electrons. The van der Waals surface area contributed by atoms with Crippen molar-refractivity contribution in [1.29, 1.82) is 0 Å². The van der Waals surface area contributed by atoms with Gasteiger partial charge in [0.15, 0.2) is 0 Å². The minimum absolute atomic E-state index is 0.0381. The van der Waals surface area contributed by atoms with Crippen LogP contribution < -0.4 is 5.32 Å². The van der Waals surface area contributed by atoms with Gasteiger partial charge < -0.3 is 24.3 Å². The van der Waals surface area contributed by atoms with Gasteiger partial charge in [-0.05, 0) is 61.3 Å². The first-order chi connectivity index (χ1) is 17.5. The highest BCUT2D eigenvalue weighted by Gasteiger charge is 2.45. The number of fused-ring (bicyclic) bond motifs is 1. The Morgan fingerprint density at radius 3 is 2.56 bits per heavy atom. The lowest BCUT2D eigenvalue weighted by molar-refractivity contribution is -0.121. The third kappa shape index (κ3) is 5.36. The predicted octanol–water partition coefficient (Wildman–Crippen LogP) is 4.90. The highest BCUT2D eigenvalue weighted by atomic mass is 16.5. The van der Waals surface area contributed by atoms with E-state index in [0.717, 1.165) is 44.9 Å². The molecule has 0 spiro atoms. The van der Waals surface area contributed by atoms with Crippen LogP contribution in [0.4, 0.5) is 10.5 Å². The number of carboxylic acid groups (broad SMARTS) is 1. The molecule has 2 atom stereocenters. The lowest BCUT2D eigenvalue weighted by atomic mass is 9.76. The van der Waals surface area contributed by atoms with E-state index in [1.54, 1.807) is 24.3 Å². The normalized spacial score (nSPS) is 23.6. The summed E-state index contributed by atoms with van der Waals surface area (Å²) in [5.74, 6) is 0.0187. The third-order valence-electron chi connectivity index (χ3n) is 7.99. The molecule has 0 bridgehead atoms. The summed E-state index contributed by atoms with van der Waals surface area (Å²) in [5, 5.41) is 13.3. The van der Waals surface area contributed by atoms with E-state index in [1.807, 2.05) is 0 Å². The van der Waals surface area contributed by atoms with Gasteiger partial charge in [-0.2, -0.15) is 0 Å². The second-order valence-electron chi connectivity index (χ2n) is 10.3. The van der Waals surface area contributed by atoms with E-state index >= 15 is 0 Å². The Morgan fingerprint density at radius 1 is 1.03 bits per heavy atom. The zero-order valence-electron chi connectivity index (χ0n) is 20.4. The van der Waals surface area contributed by atoms with Crippen LogP contribution in [0.15, 0.2) is 28.7 Å². The average molecular weight is 499 g/mol. The predicted molar refractivity (Wildman–Crippen MR) is 132 cm³/mol. The van der Waals surface area contributed by atoms with Gasteiger partial charge in [-0.15, -0.1) is 0 Å². The number of nitrogens with one attached hydrogen (secondary N) is 1. The van der Waals surface area contributed by atoms with Crippen molar-refractivity contribution in [3.05, 3.63) is 30.0 Å². The first-order valence-electron chi connectivity index (χ1n) is 13.1. The number of amides is 2. The SMILES string of the molecule is O=C(OCC1CCOCC1)c1cc2cc(NC(=O)[C@@H]3[C@H](C4CCCCC4)CCN3C(=O)O)ccc2o1. The summed E-state index contributed by atoms with van der Waals surface area (Å²) in [6, 6.07) is 6.06. The summed E-state index contributed by atoms with van der Waals surface area (Å²) in [7, 11) is 0. The fourth-order valence-corrected chi connectivity index (χ4v) is 6.04. The molecular formula is C27H34N2O7. The molecule has 0 radical (unpaired) electrons. The molecule has 36 heavy (non-hydrogen) atoms. The molecule has 2 aromatic rings. The Balaban J connectivity index is 1.26. The van der Waals surface area contributed by atoms with Crippen molar-refractivity contribution in [2.24, 2.45) is 17.8 Å². The Labute approximate surface area is 210 Å². The molecule has 3 heterocycles. The minimum atomic E-state index is -1.05. The second kappa shape index (κ2) is 10.9. The third-order valence-corrected chi connectivity index (χ3v) is 7.99. The standard InChI is InChI=1S/C27H34N2O7/c30-25(24-21(8-11-29(24)27(32)33)18-4-2-1-3-5-18)28-20-6-7-22-19(14-20)15-23(36-22)26(31)35-16-17-9-12-34-13-10-17/h6-7,14-15,17-18,21,24H,1-5,8-13,16H2,(H,28,30)(H,32,33)/t21-,24-/m0/s1. The molecule has 1 saturated carbocycles. The molecule has 0 unspecified atom stereocenters. The van der Waals surface area contributed by atoms with Gasteiger partial charge in [-0.1, -0.05) is 32.1 Å². The van der Waals surface area contributed by atoms with Crippen LogP contribution in [0.3, 0.4) is 0 Å². The highest BCUT2D eigenvalue weighted by Crippen LogP contribution is 2.39. The molecule has 5 rings (SSSR count). The van der Waals surface area contributed by atoms with Crippen molar-refractivity contribution in [2.75, 3.05) is 31.7 Å². The number of benzene rings is 1. The van der Waals surface area contributed by atoms with E-state index in [9.17, 15) is 19.5 Å². The number of hydrogen-bond acceptors (Lipinski definition) is 6. The van der Waals surface area contributed by atoms with Gasteiger partial charge in [0.1, 0.15) is 11.6 Å². The van der Waals surface area contributed by atoms with Gasteiger partial charge in [0.05, 0.1) is 6.61 Å². The van der Waals surface area contributed by atoms with Gasteiger partial charge in [-0.3, -0.25) is 9.69 Å². The maximum atomic E-state index is 13.3. The number of carbonyl (C=O) groups is 3. The van der Waals surface area contributed by atoms with Crippen molar-refractivity contribution in [3.8, 4) is 0 Å². The number of esters is 1. The van der Waals surface area contributed by atoms with Gasteiger partial charge >= 0.3 is 12.1 Å². The number of hydrogen-bond donors (Lipinski definition) is 2. The van der Waals surface area contributed by atoms with Crippen molar-refractivity contribution in [2.45, 2.75) is 57.4 Å². The summed E-state index contributed by atoms with van der Waals surface area (Å²) in [4.78, 5) is 39.0. The summed E-state index contributed by atoms with van der Waals surface area (Å²) in [6.07, 6.45) is 7.00. The average Bonchev–Trinajstić information content (AvgIpc) is 3.53. The van der Waals surface area contributed by atoms with Crippen LogP contribution >= 0.6 is 0 Å². The number of carbonyl (C=O) groups excluding carboxylic acids is 2. The zero-order valence-corrected chi connectivity index (χ0v) is 20.4. The van der Waals surface area contributed by atoms with Crippen LogP contribution in [-0.4, -0.2) is 60.4 Å². The van der Waals surface area contributed by atoms with E-state index in [0.29, 0.717) is 54.9 Å². The molecule has 2 N–H and O–H groups in total. The van der Waals surface area contributed by atoms with Gasteiger partial charge in [0.25, 0.3) is 0 Å². The molecule has 3 fully saturated rings. The van der Waals surface area contributed by atoms with E-state index in [2.05, 4.69) is 5.32 Å². The fraction of sp³-hybridized carbons (Fsp3) is 0.593. The maximum Gasteiger partial charge on any atom is 0.407 e. The van der Waals surface area contributed by atoms with Crippen LogP contribution in [-0.2, 0) is 14.3 Å². The zero-order chi connectivity index (χ0) is 25.1. The van der Waals surface area contributed by atoms with Crippen molar-refractivity contribution in [3.63, 3.8) is 0 Å². The molecule has 2 amide bonds. The number of nitrogens with zero attached hydrogens (tertiary/aromatic N) is 1. The molecule has 1 aromatic carbocycles. The Kier molecular flexibility index (Phi) is 7.46. The molecule has 2 saturated heterocycles. The van der Waals surface area contributed by atoms with E-state index in [4.69, 9.17) is 13.9 Å². The summed E-state index contributed by atoms with van der Waals surface area (Å²) in [6.45, 7) is 2.10. The maximum absolute atomic E-state index is 13.3. The largest absolute Gasteiger partial charge is 0.465 e. The van der Waals surface area contributed by atoms with E-state index < -0.39 is 18.1 Å². The molecule has 3 aliphatic rings. The number of furan rings is 1. The molecular weight excluding hydrogens is 464 g/mol. The van der Waals surface area contributed by atoms with Gasteiger partial charge in [0, 0.05) is 30.8 Å². The Morgan fingerprint density at radius 2 is 1.81 bits per heavy atom. The molecule has 9 heteroatoms. The van der Waals surface area contributed by atoms with Crippen LogP contribution in [0.1, 0.15) is 61.9 Å². The Hall–Kier alpha value is -3.07. The minimum Gasteiger partial charge on any atom is -0.465 e. The van der Waals surface area contributed by atoms with Crippen LogP contribution in [0, 0.1) is 17.8 Å². The number of rotatable bonds is 6. The molecule has 1 aliphatic carbocycles. The summed E-state index contributed by atoms with van der Waals surface area (Å²) in [5.41, 5.74) is 1.05. The van der Waals surface area contributed by atoms with E-state index in [1.165, 1.54) is 11.3 Å². The van der Waals surface area contributed by atoms with Crippen molar-refractivity contribution in [1.82, 2.24) is 4.90 Å². The van der Waals surface area contributed by atoms with E-state index in [-0.39, 0.29) is 17.6 Å². The Bertz CT molecular complexity index is 1100. The number of anilines is 1. The molecule has 1 aromatic heterocycles. The topological polar surface area (TPSA) is 118 Å². The van der Waals surface area contributed by atoms with Crippen LogP contribution in [0.25, 0.3) is 11.0 Å². The lowest BCUT2D eigenvalue weighted by Crippen LogP contribution is -2.47. The highest BCUT2D eigenvalue weighted by molar-refractivity contribution is 5.99. The summed E-state index contributed by atoms with van der Waals surface area (Å²) < 4.78 is 16.5. The van der Waals surface area contributed by atoms with Crippen molar-refractivity contribution < 1.29 is 33.4 Å². The quantitative estimate of drug-likeness (QED) is 0.544. The number of ether oxygens (including phenoxy) is 2. The monoisotopic (exact) mass is 498 g/mol. The van der Waals surface area contributed by atoms with Gasteiger partial charge in [-0.25, -0.2) is 9.59 Å². The van der Waals surface area contributed by atoms with Crippen LogP contribution in [0.2, 0.25) is 0 Å². The van der Waals surface area contributed by atoms with Gasteiger partial charge in [0.2, 0.25) is 11.7 Å². The number of likely N-dealkylation sites (tertiary alicyclic amines) is 1.